The van der Waals surface area contributed by atoms with Gasteiger partial charge < -0.3 is 9.84 Å². The van der Waals surface area contributed by atoms with E-state index in [1.807, 2.05) is 0 Å². The summed E-state index contributed by atoms with van der Waals surface area (Å²) < 4.78 is 43.9. The van der Waals surface area contributed by atoms with Gasteiger partial charge in [-0.2, -0.15) is 18.3 Å². The number of nitrogens with one attached hydrogen (secondary N) is 1. The van der Waals surface area contributed by atoms with Gasteiger partial charge in [0.05, 0.1) is 17.3 Å². The molecule has 0 atom stereocenters. The number of carboxylic acid groups (broad SMARTS) is 1. The number of carboxylic acids is 1. The third-order valence-electron chi connectivity index (χ3n) is 4.32. The average Bonchev–Trinajstić information content (AvgIpc) is 2.78. The highest BCUT2D eigenvalue weighted by molar-refractivity contribution is 5.95. The highest BCUT2D eigenvalue weighted by Gasteiger charge is 2.30. The standard InChI is InChI=1S/C23H17F3N2O4/c24-23(25,26)19-3-1-2-18(12-19)21(29)28-27-13-15-6-10-20(11-7-15)32-14-16-4-8-17(9-5-16)22(30)31/h1-13H,14H2,(H,28,29)(H,30,31)/b27-13+. The quantitative estimate of drug-likeness (QED) is 0.409. The van der Waals surface area contributed by atoms with Crippen LogP contribution in [0.4, 0.5) is 13.2 Å². The molecule has 0 fully saturated rings. The number of hydrogen-bond acceptors (Lipinski definition) is 4. The number of hydrazone groups is 1. The molecule has 2 N–H and O–H groups in total. The maximum Gasteiger partial charge on any atom is 0.416 e. The molecule has 0 unspecified atom stereocenters. The smallest absolute Gasteiger partial charge is 0.416 e. The third kappa shape index (κ3) is 6.18. The van der Waals surface area contributed by atoms with Crippen molar-refractivity contribution in [3.63, 3.8) is 0 Å². The van der Waals surface area contributed by atoms with Crippen molar-refractivity contribution in [2.24, 2.45) is 5.10 Å². The van der Waals surface area contributed by atoms with Crippen LogP contribution in [0.3, 0.4) is 0 Å². The highest BCUT2D eigenvalue weighted by atomic mass is 19.4. The van der Waals surface area contributed by atoms with Crippen LogP contribution in [0.25, 0.3) is 0 Å². The number of halogens is 3. The van der Waals surface area contributed by atoms with Gasteiger partial charge >= 0.3 is 12.1 Å². The Kier molecular flexibility index (Phi) is 6.89. The first-order valence-electron chi connectivity index (χ1n) is 9.28. The van der Waals surface area contributed by atoms with Crippen molar-refractivity contribution >= 4 is 18.1 Å². The second kappa shape index (κ2) is 9.78. The maximum atomic E-state index is 12.7. The minimum Gasteiger partial charge on any atom is -0.489 e. The fourth-order valence-corrected chi connectivity index (χ4v) is 2.63. The number of hydrogen-bond donors (Lipinski definition) is 2. The van der Waals surface area contributed by atoms with E-state index in [1.165, 1.54) is 24.4 Å². The summed E-state index contributed by atoms with van der Waals surface area (Å²) in [5.74, 6) is -1.19. The lowest BCUT2D eigenvalue weighted by Gasteiger charge is -2.08. The van der Waals surface area contributed by atoms with Crippen LogP contribution >= 0.6 is 0 Å². The number of benzene rings is 3. The SMILES string of the molecule is O=C(O)c1ccc(COc2ccc(/C=N/NC(=O)c3cccc(C(F)(F)F)c3)cc2)cc1. The van der Waals surface area contributed by atoms with Crippen LogP contribution in [0, 0.1) is 0 Å². The molecular weight excluding hydrogens is 425 g/mol. The van der Waals surface area contributed by atoms with E-state index in [9.17, 15) is 22.8 Å². The molecule has 0 aliphatic carbocycles. The molecular formula is C23H17F3N2O4. The average molecular weight is 442 g/mol. The van der Waals surface area contributed by atoms with Crippen molar-refractivity contribution < 1.29 is 32.6 Å². The molecule has 3 aromatic rings. The fraction of sp³-hybridized carbons (Fsp3) is 0.0870. The Hall–Kier alpha value is -4.14. The molecule has 0 spiro atoms. The summed E-state index contributed by atoms with van der Waals surface area (Å²) in [5.41, 5.74) is 2.75. The van der Waals surface area contributed by atoms with Crippen molar-refractivity contribution in [3.05, 3.63) is 101 Å². The maximum absolute atomic E-state index is 12.7. The van der Waals surface area contributed by atoms with Crippen LogP contribution in [0.2, 0.25) is 0 Å². The summed E-state index contributed by atoms with van der Waals surface area (Å²) in [6.45, 7) is 0.250. The van der Waals surface area contributed by atoms with Crippen LogP contribution in [-0.4, -0.2) is 23.2 Å². The van der Waals surface area contributed by atoms with Gasteiger partial charge in [-0.1, -0.05) is 18.2 Å². The Morgan fingerprint density at radius 1 is 0.969 bits per heavy atom. The van der Waals surface area contributed by atoms with E-state index in [1.54, 1.807) is 36.4 Å². The van der Waals surface area contributed by atoms with Gasteiger partial charge in [-0.15, -0.1) is 0 Å². The molecule has 3 aromatic carbocycles. The van der Waals surface area contributed by atoms with Crippen LogP contribution < -0.4 is 10.2 Å². The molecule has 0 radical (unpaired) electrons. The molecule has 164 valence electrons. The van der Waals surface area contributed by atoms with E-state index < -0.39 is 23.6 Å². The van der Waals surface area contributed by atoms with Gasteiger partial charge in [0, 0.05) is 5.56 Å². The summed E-state index contributed by atoms with van der Waals surface area (Å²) in [7, 11) is 0. The van der Waals surface area contributed by atoms with Gasteiger partial charge in [0.2, 0.25) is 0 Å². The molecule has 0 aliphatic heterocycles. The predicted molar refractivity (Wildman–Crippen MR) is 111 cm³/mol. The number of ether oxygens (including phenoxy) is 1. The van der Waals surface area contributed by atoms with Crippen molar-refractivity contribution in [2.45, 2.75) is 12.8 Å². The second-order valence-corrected chi connectivity index (χ2v) is 6.64. The van der Waals surface area contributed by atoms with Gasteiger partial charge in [-0.05, 0) is 65.7 Å². The van der Waals surface area contributed by atoms with Gasteiger partial charge in [-0.25, -0.2) is 10.2 Å². The number of carbonyl (C=O) groups excluding carboxylic acids is 1. The first-order chi connectivity index (χ1) is 15.2. The van der Waals surface area contributed by atoms with Gasteiger partial charge in [0.15, 0.2) is 0 Å². The zero-order chi connectivity index (χ0) is 23.1. The predicted octanol–water partition coefficient (Wildman–Crippen LogP) is 4.75. The van der Waals surface area contributed by atoms with Crippen molar-refractivity contribution in [3.8, 4) is 5.75 Å². The lowest BCUT2D eigenvalue weighted by molar-refractivity contribution is -0.137. The molecule has 0 saturated heterocycles. The van der Waals surface area contributed by atoms with Gasteiger partial charge in [0.1, 0.15) is 12.4 Å². The first kappa shape index (κ1) is 22.5. The Balaban J connectivity index is 1.53. The van der Waals surface area contributed by atoms with Gasteiger partial charge in [-0.3, -0.25) is 4.79 Å². The molecule has 9 heteroatoms. The van der Waals surface area contributed by atoms with Crippen molar-refractivity contribution in [1.29, 1.82) is 0 Å². The molecule has 1 amide bonds. The zero-order valence-electron chi connectivity index (χ0n) is 16.5. The molecule has 3 rings (SSSR count). The number of alkyl halides is 3. The number of nitrogens with zero attached hydrogens (tertiary/aromatic N) is 1. The monoisotopic (exact) mass is 442 g/mol. The van der Waals surface area contributed by atoms with E-state index in [-0.39, 0.29) is 17.7 Å². The van der Waals surface area contributed by atoms with Crippen LogP contribution in [-0.2, 0) is 12.8 Å². The van der Waals surface area contributed by atoms with Gasteiger partial charge in [0.25, 0.3) is 5.91 Å². The lowest BCUT2D eigenvalue weighted by atomic mass is 10.1. The molecule has 0 aromatic heterocycles. The highest BCUT2D eigenvalue weighted by Crippen LogP contribution is 2.29. The van der Waals surface area contributed by atoms with E-state index in [4.69, 9.17) is 9.84 Å². The molecule has 32 heavy (non-hydrogen) atoms. The second-order valence-electron chi connectivity index (χ2n) is 6.64. The minimum absolute atomic E-state index is 0.155. The van der Waals surface area contributed by atoms with E-state index in [0.717, 1.165) is 23.8 Å². The largest absolute Gasteiger partial charge is 0.489 e. The minimum atomic E-state index is -4.54. The summed E-state index contributed by atoms with van der Waals surface area (Å²) in [5, 5.41) is 12.7. The summed E-state index contributed by atoms with van der Waals surface area (Å²) in [6, 6.07) is 17.1. The Labute approximate surface area is 181 Å². The van der Waals surface area contributed by atoms with E-state index in [0.29, 0.717) is 11.3 Å². The van der Waals surface area contributed by atoms with Crippen LogP contribution in [0.15, 0.2) is 77.9 Å². The third-order valence-corrected chi connectivity index (χ3v) is 4.32. The Morgan fingerprint density at radius 2 is 1.66 bits per heavy atom. The normalized spacial score (nSPS) is 11.3. The summed E-state index contributed by atoms with van der Waals surface area (Å²) in [4.78, 5) is 22.9. The lowest BCUT2D eigenvalue weighted by Crippen LogP contribution is -2.18. The number of amides is 1. The van der Waals surface area contributed by atoms with Crippen molar-refractivity contribution in [2.75, 3.05) is 0 Å². The van der Waals surface area contributed by atoms with E-state index in [2.05, 4.69) is 10.5 Å². The number of rotatable bonds is 7. The molecule has 0 saturated carbocycles. The first-order valence-corrected chi connectivity index (χ1v) is 9.28. The van der Waals surface area contributed by atoms with E-state index >= 15 is 0 Å². The van der Waals surface area contributed by atoms with Crippen LogP contribution in [0.1, 0.15) is 37.4 Å². The molecule has 6 nitrogen and oxygen atoms in total. The summed E-state index contributed by atoms with van der Waals surface area (Å²) >= 11 is 0. The summed E-state index contributed by atoms with van der Waals surface area (Å²) in [6.07, 6.45) is -3.19. The van der Waals surface area contributed by atoms with Crippen LogP contribution in [0.5, 0.6) is 5.75 Å². The fourth-order valence-electron chi connectivity index (χ4n) is 2.63. The topological polar surface area (TPSA) is 88.0 Å². The Morgan fingerprint density at radius 3 is 2.28 bits per heavy atom. The molecule has 0 heterocycles. The van der Waals surface area contributed by atoms with Crippen molar-refractivity contribution in [1.82, 2.24) is 5.43 Å². The number of aromatic carboxylic acids is 1. The molecule has 0 bridgehead atoms. The molecule has 0 aliphatic rings. The zero-order valence-corrected chi connectivity index (χ0v) is 16.5. The Bertz CT molecular complexity index is 1130. The number of carbonyl (C=O) groups is 2.